The lowest BCUT2D eigenvalue weighted by atomic mass is 10.0. The second kappa shape index (κ2) is 11.7. The molecular weight excluding hydrogens is 508 g/mol. The van der Waals surface area contributed by atoms with Crippen molar-refractivity contribution in [1.29, 1.82) is 0 Å². The highest BCUT2D eigenvalue weighted by Gasteiger charge is 2.36. The van der Waals surface area contributed by atoms with Crippen molar-refractivity contribution in [3.8, 4) is 11.5 Å². The summed E-state index contributed by atoms with van der Waals surface area (Å²) in [5.74, 6) is 1.11. The lowest BCUT2D eigenvalue weighted by molar-refractivity contribution is -0.135. The molecule has 0 saturated carbocycles. The zero-order valence-corrected chi connectivity index (χ0v) is 23.3. The van der Waals surface area contributed by atoms with E-state index in [4.69, 9.17) is 9.47 Å². The summed E-state index contributed by atoms with van der Waals surface area (Å²) in [4.78, 5) is 17.0. The average molecular weight is 543 g/mol. The van der Waals surface area contributed by atoms with Crippen molar-refractivity contribution >= 4 is 27.3 Å². The molecule has 198 valence electrons. The highest BCUT2D eigenvalue weighted by atomic mass is 32.2. The van der Waals surface area contributed by atoms with Gasteiger partial charge in [0.05, 0.1) is 24.6 Å². The number of hydrogen-bond donors (Lipinski definition) is 0. The van der Waals surface area contributed by atoms with E-state index in [1.807, 2.05) is 56.5 Å². The van der Waals surface area contributed by atoms with Crippen LogP contribution in [0.2, 0.25) is 0 Å². The molecule has 2 heterocycles. The first-order valence-electron chi connectivity index (χ1n) is 12.5. The van der Waals surface area contributed by atoms with Gasteiger partial charge in [-0.2, -0.15) is 4.31 Å². The van der Waals surface area contributed by atoms with E-state index in [9.17, 15) is 13.2 Å². The molecule has 0 fully saturated rings. The number of rotatable bonds is 10. The Morgan fingerprint density at radius 1 is 1.16 bits per heavy atom. The molecule has 1 aromatic heterocycles. The fourth-order valence-electron chi connectivity index (χ4n) is 4.49. The lowest BCUT2D eigenvalue weighted by Gasteiger charge is -2.37. The Morgan fingerprint density at radius 2 is 1.89 bits per heavy atom. The van der Waals surface area contributed by atoms with Crippen LogP contribution in [-0.2, 0) is 21.2 Å². The number of carbonyl (C=O) groups is 1. The number of aryl methyl sites for hydroxylation is 1. The number of nitrogens with zero attached hydrogens (tertiary/aromatic N) is 2. The molecule has 0 spiro atoms. The summed E-state index contributed by atoms with van der Waals surface area (Å²) >= 11 is 1.68. The van der Waals surface area contributed by atoms with Crippen LogP contribution in [0.3, 0.4) is 0 Å². The van der Waals surface area contributed by atoms with Crippen LogP contribution in [0.4, 0.5) is 0 Å². The van der Waals surface area contributed by atoms with E-state index in [1.54, 1.807) is 47.6 Å². The fourth-order valence-corrected chi connectivity index (χ4v) is 7.07. The van der Waals surface area contributed by atoms with E-state index in [0.717, 1.165) is 17.5 Å². The van der Waals surface area contributed by atoms with Crippen LogP contribution >= 0.6 is 11.3 Å². The first kappa shape index (κ1) is 27.2. The third kappa shape index (κ3) is 6.00. The smallest absolute Gasteiger partial charge is 0.243 e. The largest absolute Gasteiger partial charge is 0.497 e. The van der Waals surface area contributed by atoms with Gasteiger partial charge in [0.25, 0.3) is 0 Å². The summed E-state index contributed by atoms with van der Waals surface area (Å²) in [5, 5.41) is 2.03. The molecule has 1 amide bonds. The molecule has 0 N–H and O–H groups in total. The summed E-state index contributed by atoms with van der Waals surface area (Å²) < 4.78 is 39.9. The van der Waals surface area contributed by atoms with Gasteiger partial charge >= 0.3 is 0 Å². The van der Waals surface area contributed by atoms with E-state index in [2.05, 4.69) is 0 Å². The van der Waals surface area contributed by atoms with Gasteiger partial charge in [-0.05, 0) is 68.0 Å². The van der Waals surface area contributed by atoms with Gasteiger partial charge in [0, 0.05) is 23.5 Å². The second-order valence-electron chi connectivity index (χ2n) is 9.26. The van der Waals surface area contributed by atoms with E-state index < -0.39 is 10.0 Å². The molecular formula is C28H34N2O5S2. The molecule has 0 radical (unpaired) electrons. The van der Waals surface area contributed by atoms with Crippen LogP contribution in [0.15, 0.2) is 64.9 Å². The predicted molar refractivity (Wildman–Crippen MR) is 146 cm³/mol. The number of amides is 1. The van der Waals surface area contributed by atoms with Gasteiger partial charge in [0.2, 0.25) is 15.9 Å². The number of hydrogen-bond acceptors (Lipinski definition) is 6. The molecule has 0 bridgehead atoms. The quantitative estimate of drug-likeness (QED) is 0.358. The molecule has 4 rings (SSSR count). The lowest BCUT2D eigenvalue weighted by Crippen LogP contribution is -2.49. The van der Waals surface area contributed by atoms with Gasteiger partial charge in [-0.1, -0.05) is 30.7 Å². The summed E-state index contributed by atoms with van der Waals surface area (Å²) in [7, 11) is -2.25. The van der Waals surface area contributed by atoms with Crippen molar-refractivity contribution in [3.63, 3.8) is 0 Å². The fraction of sp³-hybridized carbons (Fsp3) is 0.393. The number of benzene rings is 2. The van der Waals surface area contributed by atoms with E-state index >= 15 is 0 Å². The average Bonchev–Trinajstić information content (AvgIpc) is 3.39. The molecule has 37 heavy (non-hydrogen) atoms. The Kier molecular flexibility index (Phi) is 8.56. The number of methoxy groups -OCH3 is 1. The molecule has 7 nitrogen and oxygen atoms in total. The normalized spacial score (nSPS) is 16.4. The first-order chi connectivity index (χ1) is 17.7. The summed E-state index contributed by atoms with van der Waals surface area (Å²) in [6.45, 7) is 6.23. The minimum atomic E-state index is -3.85. The topological polar surface area (TPSA) is 76.2 Å². The maximum Gasteiger partial charge on any atom is 0.243 e. The second-order valence-corrected chi connectivity index (χ2v) is 12.2. The third-order valence-corrected chi connectivity index (χ3v) is 9.84. The van der Waals surface area contributed by atoms with Crippen LogP contribution in [0, 0.1) is 6.92 Å². The Balaban J connectivity index is 1.58. The zero-order chi connectivity index (χ0) is 26.6. The third-order valence-electron chi connectivity index (χ3n) is 6.87. The SMILES string of the molecule is CC[C@@H](C)N(CC(=O)N1CCc2sccc2[C@@H]1COc1cccc(OC)c1)S(=O)(=O)c1ccc(C)cc1. The van der Waals surface area contributed by atoms with Gasteiger partial charge in [0.15, 0.2) is 0 Å². The molecule has 0 unspecified atom stereocenters. The van der Waals surface area contributed by atoms with Crippen molar-refractivity contribution < 1.29 is 22.7 Å². The predicted octanol–water partition coefficient (Wildman–Crippen LogP) is 5.06. The Bertz CT molecular complexity index is 1320. The van der Waals surface area contributed by atoms with Crippen molar-refractivity contribution in [2.24, 2.45) is 0 Å². The number of thiophene rings is 1. The van der Waals surface area contributed by atoms with Crippen LogP contribution < -0.4 is 9.47 Å². The van der Waals surface area contributed by atoms with Crippen LogP contribution in [0.1, 0.15) is 42.3 Å². The van der Waals surface area contributed by atoms with Crippen molar-refractivity contribution in [2.75, 3.05) is 26.8 Å². The van der Waals surface area contributed by atoms with Crippen molar-refractivity contribution in [2.45, 2.75) is 50.6 Å². The van der Waals surface area contributed by atoms with Crippen LogP contribution in [0.25, 0.3) is 0 Å². The first-order valence-corrected chi connectivity index (χ1v) is 14.8. The number of ether oxygens (including phenoxy) is 2. The molecule has 0 saturated heterocycles. The molecule has 1 aliphatic heterocycles. The van der Waals surface area contributed by atoms with Gasteiger partial charge < -0.3 is 14.4 Å². The van der Waals surface area contributed by atoms with E-state index in [1.165, 1.54) is 9.18 Å². The van der Waals surface area contributed by atoms with E-state index in [0.29, 0.717) is 24.5 Å². The Hall–Kier alpha value is -2.88. The number of sulfonamides is 1. The Labute approximate surface area is 223 Å². The van der Waals surface area contributed by atoms with Gasteiger partial charge in [-0.3, -0.25) is 4.79 Å². The molecule has 9 heteroatoms. The Morgan fingerprint density at radius 3 is 2.59 bits per heavy atom. The number of fused-ring (bicyclic) bond motifs is 1. The van der Waals surface area contributed by atoms with E-state index in [-0.39, 0.29) is 36.0 Å². The standard InChI is InChI=1S/C28H34N2O5S2/c1-5-21(3)30(37(32,33)24-11-9-20(2)10-12-24)18-28(31)29-15-13-27-25(14-16-36-27)26(29)19-35-23-8-6-7-22(17-23)34-4/h6-12,14,16-17,21,26H,5,13,15,18-19H2,1-4H3/t21-,26+/m1/s1. The highest BCUT2D eigenvalue weighted by Crippen LogP contribution is 2.34. The minimum Gasteiger partial charge on any atom is -0.497 e. The zero-order valence-electron chi connectivity index (χ0n) is 21.7. The van der Waals surface area contributed by atoms with Gasteiger partial charge in [0.1, 0.15) is 18.1 Å². The molecule has 2 atom stereocenters. The van der Waals surface area contributed by atoms with Gasteiger partial charge in [-0.25, -0.2) is 8.42 Å². The minimum absolute atomic E-state index is 0.197. The highest BCUT2D eigenvalue weighted by molar-refractivity contribution is 7.89. The van der Waals surface area contributed by atoms with Gasteiger partial charge in [-0.15, -0.1) is 11.3 Å². The molecule has 1 aliphatic rings. The van der Waals surface area contributed by atoms with Crippen LogP contribution in [0.5, 0.6) is 11.5 Å². The van der Waals surface area contributed by atoms with Crippen LogP contribution in [-0.4, -0.2) is 56.4 Å². The summed E-state index contributed by atoms with van der Waals surface area (Å²) in [5.41, 5.74) is 2.04. The molecule has 2 aromatic carbocycles. The summed E-state index contributed by atoms with van der Waals surface area (Å²) in [6, 6.07) is 15.5. The molecule has 0 aliphatic carbocycles. The van der Waals surface area contributed by atoms with Crippen molar-refractivity contribution in [1.82, 2.24) is 9.21 Å². The molecule has 3 aromatic rings. The summed E-state index contributed by atoms with van der Waals surface area (Å²) in [6.07, 6.45) is 1.33. The monoisotopic (exact) mass is 542 g/mol. The maximum absolute atomic E-state index is 13.8. The number of carbonyl (C=O) groups excluding carboxylic acids is 1. The maximum atomic E-state index is 13.8. The van der Waals surface area contributed by atoms with Crippen molar-refractivity contribution in [3.05, 3.63) is 76.0 Å².